The summed E-state index contributed by atoms with van der Waals surface area (Å²) in [6, 6.07) is 0.902. The van der Waals surface area contributed by atoms with Crippen molar-refractivity contribution in [1.29, 1.82) is 0 Å². The fraction of sp³-hybridized carbons (Fsp3) is 1.00. The molecular weight excluding hydrogens is 172 g/mol. The van der Waals surface area contributed by atoms with E-state index in [1.54, 1.807) is 0 Å². The molecule has 0 aromatic carbocycles. The monoisotopic (exact) mass is 200 g/mol. The Hall–Kier alpha value is -0.0800. The number of nitrogens with zero attached hydrogens (tertiary/aromatic N) is 2. The van der Waals surface area contributed by atoms with Crippen LogP contribution in [-0.4, -0.2) is 49.1 Å². The van der Waals surface area contributed by atoms with Gasteiger partial charge in [0.2, 0.25) is 0 Å². The Morgan fingerprint density at radius 1 is 0.929 bits per heavy atom. The standard InChI is InChI=1S/C8H16N2.2C2H6/c1-9-5-6-10-4-2-3-8(10)7-9;2*1-2/h8H,2-7H2,1H3;2*1-2H3. The fourth-order valence-corrected chi connectivity index (χ4v) is 2.15. The second-order valence-corrected chi connectivity index (χ2v) is 3.59. The summed E-state index contributed by atoms with van der Waals surface area (Å²) < 4.78 is 0. The van der Waals surface area contributed by atoms with Crippen molar-refractivity contribution < 1.29 is 0 Å². The molecule has 0 spiro atoms. The van der Waals surface area contributed by atoms with Crippen LogP contribution in [0, 0.1) is 0 Å². The first-order chi connectivity index (χ1) is 6.86. The van der Waals surface area contributed by atoms with E-state index in [0.717, 1.165) is 6.04 Å². The van der Waals surface area contributed by atoms with Gasteiger partial charge in [-0.2, -0.15) is 0 Å². The molecule has 86 valence electrons. The quantitative estimate of drug-likeness (QED) is 0.592. The summed E-state index contributed by atoms with van der Waals surface area (Å²) >= 11 is 0. The number of fused-ring (bicyclic) bond motifs is 1. The molecule has 2 fully saturated rings. The molecule has 2 aliphatic rings. The van der Waals surface area contributed by atoms with Crippen LogP contribution < -0.4 is 0 Å². The van der Waals surface area contributed by atoms with Crippen LogP contribution in [0.2, 0.25) is 0 Å². The van der Waals surface area contributed by atoms with E-state index >= 15 is 0 Å². The third kappa shape index (κ3) is 3.97. The Morgan fingerprint density at radius 2 is 1.57 bits per heavy atom. The predicted molar refractivity (Wildman–Crippen MR) is 64.8 cm³/mol. The van der Waals surface area contributed by atoms with E-state index in [9.17, 15) is 0 Å². The zero-order valence-corrected chi connectivity index (χ0v) is 10.7. The predicted octanol–water partition coefficient (Wildman–Crippen LogP) is 2.45. The third-order valence-electron chi connectivity index (χ3n) is 2.79. The molecule has 0 radical (unpaired) electrons. The lowest BCUT2D eigenvalue weighted by atomic mass is 10.2. The summed E-state index contributed by atoms with van der Waals surface area (Å²) in [7, 11) is 2.23. The molecule has 2 aliphatic heterocycles. The van der Waals surface area contributed by atoms with Crippen LogP contribution in [0.3, 0.4) is 0 Å². The highest BCUT2D eigenvalue weighted by Gasteiger charge is 2.28. The largest absolute Gasteiger partial charge is 0.304 e. The number of likely N-dealkylation sites (N-methyl/N-ethyl adjacent to an activating group) is 1. The first kappa shape index (κ1) is 13.9. The SMILES string of the molecule is CC.CC.CN1CCN2CCCC2C1. The average Bonchev–Trinajstić information content (AvgIpc) is 2.71. The smallest absolute Gasteiger partial charge is 0.0224 e. The van der Waals surface area contributed by atoms with Crippen LogP contribution in [-0.2, 0) is 0 Å². The van der Waals surface area contributed by atoms with Crippen molar-refractivity contribution in [3.8, 4) is 0 Å². The highest BCUT2D eigenvalue weighted by atomic mass is 15.3. The second kappa shape index (κ2) is 8.25. The Kier molecular flexibility index (Phi) is 8.20. The van der Waals surface area contributed by atoms with Gasteiger partial charge in [-0.3, -0.25) is 4.90 Å². The summed E-state index contributed by atoms with van der Waals surface area (Å²) in [5.74, 6) is 0. The Labute approximate surface area is 90.3 Å². The van der Waals surface area contributed by atoms with E-state index in [1.807, 2.05) is 27.7 Å². The van der Waals surface area contributed by atoms with Crippen LogP contribution in [0.5, 0.6) is 0 Å². The van der Waals surface area contributed by atoms with Gasteiger partial charge in [0.15, 0.2) is 0 Å². The van der Waals surface area contributed by atoms with Gasteiger partial charge in [-0.1, -0.05) is 27.7 Å². The number of hydrogen-bond acceptors (Lipinski definition) is 2. The van der Waals surface area contributed by atoms with Crippen molar-refractivity contribution in [2.45, 2.75) is 46.6 Å². The molecule has 0 amide bonds. The molecule has 2 saturated heterocycles. The molecule has 0 aromatic rings. The van der Waals surface area contributed by atoms with E-state index < -0.39 is 0 Å². The van der Waals surface area contributed by atoms with Crippen molar-refractivity contribution in [3.05, 3.63) is 0 Å². The maximum absolute atomic E-state index is 2.64. The Morgan fingerprint density at radius 3 is 2.21 bits per heavy atom. The molecular formula is C12H28N2. The lowest BCUT2D eigenvalue weighted by Crippen LogP contribution is -2.48. The highest BCUT2D eigenvalue weighted by molar-refractivity contribution is 4.85. The van der Waals surface area contributed by atoms with Crippen LogP contribution >= 0.6 is 0 Å². The van der Waals surface area contributed by atoms with Crippen LogP contribution in [0.15, 0.2) is 0 Å². The first-order valence-electron chi connectivity index (χ1n) is 6.29. The molecule has 2 heteroatoms. The zero-order chi connectivity index (χ0) is 11.0. The first-order valence-corrected chi connectivity index (χ1v) is 6.29. The minimum Gasteiger partial charge on any atom is -0.304 e. The van der Waals surface area contributed by atoms with Gasteiger partial charge >= 0.3 is 0 Å². The zero-order valence-electron chi connectivity index (χ0n) is 10.7. The topological polar surface area (TPSA) is 6.48 Å². The third-order valence-corrected chi connectivity index (χ3v) is 2.79. The van der Waals surface area contributed by atoms with Gasteiger partial charge in [-0.15, -0.1) is 0 Å². The molecule has 0 saturated carbocycles. The number of piperazine rings is 1. The summed E-state index contributed by atoms with van der Waals surface area (Å²) in [4.78, 5) is 5.09. The van der Waals surface area contributed by atoms with Crippen molar-refractivity contribution >= 4 is 0 Å². The van der Waals surface area contributed by atoms with Crippen molar-refractivity contribution in [3.63, 3.8) is 0 Å². The van der Waals surface area contributed by atoms with Crippen molar-refractivity contribution in [1.82, 2.24) is 9.80 Å². The van der Waals surface area contributed by atoms with E-state index in [0.29, 0.717) is 0 Å². The lowest BCUT2D eigenvalue weighted by molar-refractivity contribution is 0.124. The van der Waals surface area contributed by atoms with Crippen LogP contribution in [0.1, 0.15) is 40.5 Å². The van der Waals surface area contributed by atoms with Gasteiger partial charge < -0.3 is 4.90 Å². The Bertz CT molecular complexity index is 125. The van der Waals surface area contributed by atoms with Gasteiger partial charge in [0.25, 0.3) is 0 Å². The van der Waals surface area contributed by atoms with Gasteiger partial charge in [-0.05, 0) is 26.4 Å². The van der Waals surface area contributed by atoms with E-state index in [4.69, 9.17) is 0 Å². The van der Waals surface area contributed by atoms with Crippen molar-refractivity contribution in [2.75, 3.05) is 33.2 Å². The second-order valence-electron chi connectivity index (χ2n) is 3.59. The lowest BCUT2D eigenvalue weighted by Gasteiger charge is -2.35. The van der Waals surface area contributed by atoms with Crippen molar-refractivity contribution in [2.24, 2.45) is 0 Å². The highest BCUT2D eigenvalue weighted by Crippen LogP contribution is 2.20. The molecule has 0 aliphatic carbocycles. The molecule has 14 heavy (non-hydrogen) atoms. The molecule has 1 atom stereocenters. The van der Waals surface area contributed by atoms with Crippen LogP contribution in [0.4, 0.5) is 0 Å². The van der Waals surface area contributed by atoms with Gasteiger partial charge in [0, 0.05) is 25.7 Å². The van der Waals surface area contributed by atoms with E-state index in [1.165, 1.54) is 39.0 Å². The summed E-state index contributed by atoms with van der Waals surface area (Å²) in [5.41, 5.74) is 0. The molecule has 1 unspecified atom stereocenters. The molecule has 2 nitrogen and oxygen atoms in total. The summed E-state index contributed by atoms with van der Waals surface area (Å²) in [6.07, 6.45) is 2.86. The van der Waals surface area contributed by atoms with Gasteiger partial charge in [0.05, 0.1) is 0 Å². The molecule has 0 aromatic heterocycles. The molecule has 2 rings (SSSR count). The normalized spacial score (nSPS) is 26.8. The minimum absolute atomic E-state index is 0.902. The van der Waals surface area contributed by atoms with Gasteiger partial charge in [-0.25, -0.2) is 0 Å². The van der Waals surface area contributed by atoms with E-state index in [2.05, 4.69) is 16.8 Å². The average molecular weight is 200 g/mol. The maximum atomic E-state index is 2.64. The molecule has 0 bridgehead atoms. The summed E-state index contributed by atoms with van der Waals surface area (Å²) in [6.45, 7) is 13.2. The maximum Gasteiger partial charge on any atom is 0.0224 e. The fourth-order valence-electron chi connectivity index (χ4n) is 2.15. The van der Waals surface area contributed by atoms with Crippen LogP contribution in [0.25, 0.3) is 0 Å². The van der Waals surface area contributed by atoms with E-state index in [-0.39, 0.29) is 0 Å². The number of hydrogen-bond donors (Lipinski definition) is 0. The number of rotatable bonds is 0. The van der Waals surface area contributed by atoms with Gasteiger partial charge in [0.1, 0.15) is 0 Å². The summed E-state index contributed by atoms with van der Waals surface area (Å²) in [5, 5.41) is 0. The minimum atomic E-state index is 0.902. The molecule has 0 N–H and O–H groups in total. The Balaban J connectivity index is 0.000000379. The molecule has 2 heterocycles.